The van der Waals surface area contributed by atoms with Crippen molar-refractivity contribution in [2.75, 3.05) is 0 Å². The molecule has 0 aliphatic heterocycles. The second-order valence-corrected chi connectivity index (χ2v) is 4.90. The molecule has 0 saturated carbocycles. The van der Waals surface area contributed by atoms with Gasteiger partial charge >= 0.3 is 0 Å². The number of hydrogen-bond donors (Lipinski definition) is 0. The van der Waals surface area contributed by atoms with Gasteiger partial charge in [0.1, 0.15) is 0 Å². The van der Waals surface area contributed by atoms with Crippen LogP contribution in [0.4, 0.5) is 0 Å². The zero-order valence-electron chi connectivity index (χ0n) is 7.25. The summed E-state index contributed by atoms with van der Waals surface area (Å²) >= 11 is 5.33. The normalized spacial score (nSPS) is 10.3. The smallest absolute Gasteiger partial charge is 0.0254 e. The van der Waals surface area contributed by atoms with Crippen LogP contribution in [-0.2, 0) is 0 Å². The third kappa shape index (κ3) is 1.84. The minimum Gasteiger partial charge on any atom is -0.149 e. The van der Waals surface area contributed by atoms with Gasteiger partial charge < -0.3 is 0 Å². The van der Waals surface area contributed by atoms with Gasteiger partial charge in [0.05, 0.1) is 0 Å². The molecule has 0 saturated heterocycles. The van der Waals surface area contributed by atoms with Crippen molar-refractivity contribution in [3.8, 4) is 11.1 Å². The summed E-state index contributed by atoms with van der Waals surface area (Å²) in [5, 5.41) is 2.19. The van der Waals surface area contributed by atoms with E-state index in [9.17, 15) is 0 Å². The molecule has 0 bridgehead atoms. The fraction of sp³-hybridized carbons (Fsp3) is 0.0909. The lowest BCUT2D eigenvalue weighted by molar-refractivity contribution is 1.59. The molecule has 1 aromatic carbocycles. The molecule has 0 amide bonds. The van der Waals surface area contributed by atoms with Gasteiger partial charge in [-0.2, -0.15) is 0 Å². The highest BCUT2D eigenvalue weighted by atomic mass is 79.9. The van der Waals surface area contributed by atoms with E-state index in [1.54, 1.807) is 11.3 Å². The molecule has 2 rings (SSSR count). The van der Waals surface area contributed by atoms with E-state index in [0.29, 0.717) is 0 Å². The molecular formula is C11H9BrS. The minimum atomic E-state index is 1.16. The van der Waals surface area contributed by atoms with Gasteiger partial charge in [0.25, 0.3) is 0 Å². The molecule has 0 aliphatic carbocycles. The van der Waals surface area contributed by atoms with Gasteiger partial charge in [-0.05, 0) is 35.6 Å². The largest absolute Gasteiger partial charge is 0.149 e. The first kappa shape index (κ1) is 8.97. The Morgan fingerprint density at radius 3 is 2.62 bits per heavy atom. The van der Waals surface area contributed by atoms with Crippen LogP contribution in [0.3, 0.4) is 0 Å². The van der Waals surface area contributed by atoms with Gasteiger partial charge in [0.15, 0.2) is 0 Å². The van der Waals surface area contributed by atoms with E-state index in [1.807, 2.05) is 6.07 Å². The van der Waals surface area contributed by atoms with Crippen molar-refractivity contribution in [1.29, 1.82) is 0 Å². The van der Waals surface area contributed by atoms with Crippen molar-refractivity contribution >= 4 is 27.3 Å². The summed E-state index contributed by atoms with van der Waals surface area (Å²) in [6, 6.07) is 10.5. The van der Waals surface area contributed by atoms with Gasteiger partial charge in [-0.3, -0.25) is 0 Å². The van der Waals surface area contributed by atoms with E-state index in [0.717, 1.165) is 4.47 Å². The van der Waals surface area contributed by atoms with Crippen LogP contribution in [0.1, 0.15) is 4.88 Å². The quantitative estimate of drug-likeness (QED) is 0.702. The van der Waals surface area contributed by atoms with Crippen LogP contribution in [-0.4, -0.2) is 0 Å². The molecule has 0 unspecified atom stereocenters. The molecule has 13 heavy (non-hydrogen) atoms. The summed E-state index contributed by atoms with van der Waals surface area (Å²) in [6.45, 7) is 2.13. The van der Waals surface area contributed by atoms with Gasteiger partial charge in [-0.25, -0.2) is 0 Å². The fourth-order valence-corrected chi connectivity index (χ4v) is 2.50. The van der Waals surface area contributed by atoms with Gasteiger partial charge in [0, 0.05) is 9.35 Å². The lowest BCUT2D eigenvalue weighted by atomic mass is 10.1. The average molecular weight is 253 g/mol. The third-order valence-corrected chi connectivity index (χ3v) is 3.47. The van der Waals surface area contributed by atoms with Crippen molar-refractivity contribution in [3.05, 3.63) is 45.1 Å². The number of rotatable bonds is 1. The van der Waals surface area contributed by atoms with Crippen LogP contribution >= 0.6 is 27.3 Å². The highest BCUT2D eigenvalue weighted by Gasteiger charge is 2.02. The van der Waals surface area contributed by atoms with E-state index in [2.05, 4.69) is 52.5 Å². The molecule has 66 valence electrons. The van der Waals surface area contributed by atoms with Gasteiger partial charge in [-0.15, -0.1) is 11.3 Å². The van der Waals surface area contributed by atoms with Gasteiger partial charge in [-0.1, -0.05) is 34.1 Å². The second kappa shape index (κ2) is 3.64. The highest BCUT2D eigenvalue weighted by Crippen LogP contribution is 2.30. The first-order chi connectivity index (χ1) is 6.27. The van der Waals surface area contributed by atoms with Crippen LogP contribution in [0, 0.1) is 6.92 Å². The van der Waals surface area contributed by atoms with Crippen molar-refractivity contribution in [1.82, 2.24) is 0 Å². The first-order valence-electron chi connectivity index (χ1n) is 4.07. The fourth-order valence-electron chi connectivity index (χ4n) is 1.28. The Hall–Kier alpha value is -0.600. The van der Waals surface area contributed by atoms with Crippen molar-refractivity contribution in [2.24, 2.45) is 0 Å². The Labute approximate surface area is 90.4 Å². The molecule has 0 atom stereocenters. The predicted octanol–water partition coefficient (Wildman–Crippen LogP) is 4.49. The lowest BCUT2D eigenvalue weighted by Gasteiger charge is -1.99. The summed E-state index contributed by atoms with van der Waals surface area (Å²) < 4.78 is 1.16. The third-order valence-electron chi connectivity index (χ3n) is 1.92. The lowest BCUT2D eigenvalue weighted by Crippen LogP contribution is -1.74. The molecule has 0 radical (unpaired) electrons. The van der Waals surface area contributed by atoms with Crippen molar-refractivity contribution in [3.63, 3.8) is 0 Å². The van der Waals surface area contributed by atoms with E-state index in [1.165, 1.54) is 16.0 Å². The van der Waals surface area contributed by atoms with Crippen LogP contribution < -0.4 is 0 Å². The number of aryl methyl sites for hydroxylation is 1. The molecule has 0 aliphatic rings. The van der Waals surface area contributed by atoms with Gasteiger partial charge in [0.2, 0.25) is 0 Å². The van der Waals surface area contributed by atoms with E-state index < -0.39 is 0 Å². The number of hydrogen-bond acceptors (Lipinski definition) is 1. The van der Waals surface area contributed by atoms with Crippen LogP contribution in [0.25, 0.3) is 11.1 Å². The van der Waals surface area contributed by atoms with E-state index in [4.69, 9.17) is 0 Å². The maximum absolute atomic E-state index is 3.55. The number of thiophene rings is 1. The molecule has 2 aromatic rings. The molecule has 0 N–H and O–H groups in total. The summed E-state index contributed by atoms with van der Waals surface area (Å²) in [6.07, 6.45) is 0. The van der Waals surface area contributed by atoms with E-state index >= 15 is 0 Å². The number of halogens is 1. The predicted molar refractivity (Wildman–Crippen MR) is 62.2 cm³/mol. The Kier molecular flexibility index (Phi) is 2.51. The monoisotopic (exact) mass is 252 g/mol. The highest BCUT2D eigenvalue weighted by molar-refractivity contribution is 9.10. The summed E-state index contributed by atoms with van der Waals surface area (Å²) in [5.41, 5.74) is 2.57. The SMILES string of the molecule is Cc1cc(-c2ccccc2Br)cs1. The average Bonchev–Trinajstić information content (AvgIpc) is 2.53. The summed E-state index contributed by atoms with van der Waals surface area (Å²) in [4.78, 5) is 1.35. The second-order valence-electron chi connectivity index (χ2n) is 2.93. The van der Waals surface area contributed by atoms with Crippen LogP contribution in [0.15, 0.2) is 40.2 Å². The molecule has 0 fully saturated rings. The molecule has 0 nitrogen and oxygen atoms in total. The molecular weight excluding hydrogens is 244 g/mol. The maximum atomic E-state index is 3.55. The Morgan fingerprint density at radius 2 is 2.00 bits per heavy atom. The summed E-state index contributed by atoms with van der Waals surface area (Å²) in [5.74, 6) is 0. The number of benzene rings is 1. The van der Waals surface area contributed by atoms with Crippen molar-refractivity contribution < 1.29 is 0 Å². The Balaban J connectivity index is 2.52. The zero-order valence-corrected chi connectivity index (χ0v) is 9.65. The van der Waals surface area contributed by atoms with E-state index in [-0.39, 0.29) is 0 Å². The van der Waals surface area contributed by atoms with Crippen molar-refractivity contribution in [2.45, 2.75) is 6.92 Å². The maximum Gasteiger partial charge on any atom is 0.0254 e. The standard InChI is InChI=1S/C11H9BrS/c1-8-6-9(7-13-8)10-4-2-3-5-11(10)12/h2-7H,1H3. The topological polar surface area (TPSA) is 0 Å². The molecule has 1 aromatic heterocycles. The minimum absolute atomic E-state index is 1.16. The van der Waals surface area contributed by atoms with Crippen LogP contribution in [0.2, 0.25) is 0 Å². The molecule has 2 heteroatoms. The summed E-state index contributed by atoms with van der Waals surface area (Å²) in [7, 11) is 0. The Morgan fingerprint density at radius 1 is 1.23 bits per heavy atom. The molecule has 0 spiro atoms. The first-order valence-corrected chi connectivity index (χ1v) is 5.74. The van der Waals surface area contributed by atoms with Crippen LogP contribution in [0.5, 0.6) is 0 Å². The molecule has 1 heterocycles. The Bertz CT molecular complexity index is 418. The zero-order chi connectivity index (χ0) is 9.26.